The molecule has 2 heterocycles. The summed E-state index contributed by atoms with van der Waals surface area (Å²) in [7, 11) is -4.34. The summed E-state index contributed by atoms with van der Waals surface area (Å²) < 4.78 is 37.2. The van der Waals surface area contributed by atoms with Crippen molar-refractivity contribution in [3.05, 3.63) is 82.1 Å². The number of carbonyl (C=O) groups excluding carboxylic acids is 1. The van der Waals surface area contributed by atoms with Gasteiger partial charge in [-0.05, 0) is 61.5 Å². The molecule has 0 saturated carbocycles. The van der Waals surface area contributed by atoms with Crippen LogP contribution in [0.1, 0.15) is 12.7 Å². The van der Waals surface area contributed by atoms with Gasteiger partial charge in [0.2, 0.25) is 0 Å². The molecule has 1 aliphatic heterocycles. The Morgan fingerprint density at radius 2 is 1.72 bits per heavy atom. The van der Waals surface area contributed by atoms with Crippen LogP contribution in [-0.2, 0) is 14.9 Å². The molecule has 0 fully saturated rings. The third-order valence-electron chi connectivity index (χ3n) is 4.72. The zero-order chi connectivity index (χ0) is 23.0. The topological polar surface area (TPSA) is 143 Å². The van der Waals surface area contributed by atoms with E-state index in [1.165, 1.54) is 42.5 Å². The minimum Gasteiger partial charge on any atom is -0.457 e. The van der Waals surface area contributed by atoms with Crippen LogP contribution in [0.25, 0.3) is 17.4 Å². The number of non-ortho nitro benzene ring substituents is 1. The number of hydrazone groups is 1. The Bertz CT molecular complexity index is 1390. The molecule has 0 unspecified atom stereocenters. The predicted molar refractivity (Wildman–Crippen MR) is 116 cm³/mol. The summed E-state index contributed by atoms with van der Waals surface area (Å²) in [4.78, 5) is 22.9. The van der Waals surface area contributed by atoms with Gasteiger partial charge in [-0.25, -0.2) is 0 Å². The van der Waals surface area contributed by atoms with Gasteiger partial charge in [0, 0.05) is 17.7 Å². The number of rotatable bonds is 5. The molecule has 0 bridgehead atoms. The maximum Gasteiger partial charge on any atom is 0.294 e. The Morgan fingerprint density at radius 1 is 1.06 bits per heavy atom. The second-order valence-electron chi connectivity index (χ2n) is 6.84. The van der Waals surface area contributed by atoms with Crippen molar-refractivity contribution in [2.45, 2.75) is 11.8 Å². The molecule has 4 rings (SSSR count). The van der Waals surface area contributed by atoms with Crippen molar-refractivity contribution >= 4 is 39.2 Å². The molecule has 0 atom stereocenters. The molecule has 1 aromatic heterocycles. The summed E-state index contributed by atoms with van der Waals surface area (Å²) in [5.41, 5.74) is 1.66. The lowest BCUT2D eigenvalue weighted by molar-refractivity contribution is -0.384. The molecule has 1 aliphatic rings. The highest BCUT2D eigenvalue weighted by molar-refractivity contribution is 7.85. The predicted octanol–water partition coefficient (Wildman–Crippen LogP) is 3.91. The zero-order valence-electron chi connectivity index (χ0n) is 16.5. The largest absolute Gasteiger partial charge is 0.457 e. The molecule has 1 amide bonds. The molecule has 10 nitrogen and oxygen atoms in total. The molecule has 2 aromatic carbocycles. The summed E-state index contributed by atoms with van der Waals surface area (Å²) in [5.74, 6) is 0.430. The summed E-state index contributed by atoms with van der Waals surface area (Å²) >= 11 is 0. The first-order chi connectivity index (χ1) is 15.1. The number of amides is 1. The number of carbonyl (C=O) groups is 1. The van der Waals surface area contributed by atoms with Gasteiger partial charge in [0.15, 0.2) is 0 Å². The second kappa shape index (κ2) is 7.87. The number of hydrogen-bond acceptors (Lipinski definition) is 7. The highest BCUT2D eigenvalue weighted by Crippen LogP contribution is 2.29. The number of benzene rings is 2. The van der Waals surface area contributed by atoms with E-state index < -0.39 is 20.9 Å². The summed E-state index contributed by atoms with van der Waals surface area (Å²) in [6.45, 7) is 1.65. The summed E-state index contributed by atoms with van der Waals surface area (Å²) in [6.07, 6.45) is 1.53. The van der Waals surface area contributed by atoms with E-state index in [1.807, 2.05) is 0 Å². The van der Waals surface area contributed by atoms with Crippen LogP contribution in [0.15, 0.2) is 80.7 Å². The van der Waals surface area contributed by atoms with E-state index >= 15 is 0 Å². The highest BCUT2D eigenvalue weighted by atomic mass is 32.2. The third kappa shape index (κ3) is 4.06. The lowest BCUT2D eigenvalue weighted by Crippen LogP contribution is -2.21. The van der Waals surface area contributed by atoms with Crippen LogP contribution in [0, 0.1) is 10.1 Å². The highest BCUT2D eigenvalue weighted by Gasteiger charge is 2.29. The van der Waals surface area contributed by atoms with E-state index in [-0.39, 0.29) is 16.2 Å². The normalized spacial score (nSPS) is 15.3. The van der Waals surface area contributed by atoms with Gasteiger partial charge in [0.25, 0.3) is 21.7 Å². The molecule has 1 N–H and O–H groups in total. The maximum atomic E-state index is 12.9. The standard InChI is InChI=1S/C21H15N3O7S/c1-13-19(21(25)23(22-13)15-6-9-18(10-7-15)32(28,29)30)12-17-8-11-20(31-17)14-2-4-16(5-3-14)24(26)27/h2-12H,1H3,(H,28,29,30)/b19-12+. The van der Waals surface area contributed by atoms with Crippen LogP contribution in [0.5, 0.6) is 0 Å². The van der Waals surface area contributed by atoms with Crippen molar-refractivity contribution in [2.75, 3.05) is 5.01 Å². The second-order valence-corrected chi connectivity index (χ2v) is 8.26. The fourth-order valence-electron chi connectivity index (χ4n) is 3.09. The van der Waals surface area contributed by atoms with Gasteiger partial charge in [0.05, 0.1) is 26.8 Å². The Balaban J connectivity index is 1.57. The van der Waals surface area contributed by atoms with E-state index in [0.29, 0.717) is 28.5 Å². The van der Waals surface area contributed by atoms with Gasteiger partial charge in [-0.2, -0.15) is 18.5 Å². The van der Waals surface area contributed by atoms with Crippen molar-refractivity contribution in [1.29, 1.82) is 0 Å². The summed E-state index contributed by atoms with van der Waals surface area (Å²) in [6, 6.07) is 14.3. The Labute approximate surface area is 182 Å². The number of furan rings is 1. The Kier molecular flexibility index (Phi) is 5.20. The van der Waals surface area contributed by atoms with Crippen LogP contribution in [0.2, 0.25) is 0 Å². The van der Waals surface area contributed by atoms with Crippen molar-refractivity contribution in [1.82, 2.24) is 0 Å². The number of hydrogen-bond donors (Lipinski definition) is 1. The minimum absolute atomic E-state index is 0.0317. The fourth-order valence-corrected chi connectivity index (χ4v) is 3.57. The van der Waals surface area contributed by atoms with Crippen LogP contribution in [0.4, 0.5) is 11.4 Å². The van der Waals surface area contributed by atoms with Gasteiger partial charge in [-0.1, -0.05) is 0 Å². The van der Waals surface area contributed by atoms with E-state index in [2.05, 4.69) is 5.10 Å². The van der Waals surface area contributed by atoms with E-state index in [9.17, 15) is 23.3 Å². The third-order valence-corrected chi connectivity index (χ3v) is 5.59. The van der Waals surface area contributed by atoms with Crippen LogP contribution in [0.3, 0.4) is 0 Å². The van der Waals surface area contributed by atoms with Crippen molar-refractivity contribution in [3.63, 3.8) is 0 Å². The Hall–Kier alpha value is -4.09. The number of anilines is 1. The molecule has 0 aliphatic carbocycles. The monoisotopic (exact) mass is 453 g/mol. The molecule has 0 spiro atoms. The van der Waals surface area contributed by atoms with Crippen molar-refractivity contribution in [2.24, 2.45) is 5.10 Å². The number of nitrogens with zero attached hydrogens (tertiary/aromatic N) is 3. The van der Waals surface area contributed by atoms with Gasteiger partial charge in [0.1, 0.15) is 11.5 Å². The molecule has 0 saturated heterocycles. The number of nitro groups is 1. The van der Waals surface area contributed by atoms with Crippen LogP contribution < -0.4 is 5.01 Å². The first-order valence-corrected chi connectivity index (χ1v) is 10.6. The molecular weight excluding hydrogens is 438 g/mol. The molecule has 32 heavy (non-hydrogen) atoms. The van der Waals surface area contributed by atoms with Gasteiger partial charge < -0.3 is 4.42 Å². The zero-order valence-corrected chi connectivity index (χ0v) is 17.3. The fraction of sp³-hybridized carbons (Fsp3) is 0.0476. The molecule has 162 valence electrons. The van der Waals surface area contributed by atoms with Crippen molar-refractivity contribution < 1.29 is 27.1 Å². The first-order valence-electron chi connectivity index (χ1n) is 9.17. The molecule has 11 heteroatoms. The van der Waals surface area contributed by atoms with Crippen LogP contribution >= 0.6 is 0 Å². The molecule has 0 radical (unpaired) electrons. The molecular formula is C21H15N3O7S. The Morgan fingerprint density at radius 3 is 2.31 bits per heavy atom. The number of nitro benzene ring substituents is 1. The summed E-state index contributed by atoms with van der Waals surface area (Å²) in [5, 5.41) is 16.1. The van der Waals surface area contributed by atoms with Gasteiger partial charge in [-0.3, -0.25) is 19.5 Å². The van der Waals surface area contributed by atoms with E-state index in [4.69, 9.17) is 8.97 Å². The lowest BCUT2D eigenvalue weighted by Gasteiger charge is -2.11. The first kappa shape index (κ1) is 21.2. The van der Waals surface area contributed by atoms with E-state index in [1.54, 1.807) is 31.2 Å². The van der Waals surface area contributed by atoms with E-state index in [0.717, 1.165) is 5.01 Å². The average molecular weight is 453 g/mol. The average Bonchev–Trinajstić information content (AvgIpc) is 3.33. The maximum absolute atomic E-state index is 12.9. The minimum atomic E-state index is -4.34. The van der Waals surface area contributed by atoms with Crippen molar-refractivity contribution in [3.8, 4) is 11.3 Å². The van der Waals surface area contributed by atoms with Crippen LogP contribution in [-0.4, -0.2) is 29.5 Å². The SMILES string of the molecule is CC1=NN(c2ccc(S(=O)(=O)O)cc2)C(=O)/C1=C/c1ccc(-c2ccc([N+](=O)[O-])cc2)o1. The smallest absolute Gasteiger partial charge is 0.294 e. The van der Waals surface area contributed by atoms with Gasteiger partial charge >= 0.3 is 0 Å². The quantitative estimate of drug-likeness (QED) is 0.267. The lowest BCUT2D eigenvalue weighted by atomic mass is 10.1. The molecule has 3 aromatic rings. The van der Waals surface area contributed by atoms with Gasteiger partial charge in [-0.15, -0.1) is 0 Å².